The maximum Gasteiger partial charge on any atom is 0.343 e. The van der Waals surface area contributed by atoms with Gasteiger partial charge >= 0.3 is 11.5 Å². The number of rotatable bonds is 1. The van der Waals surface area contributed by atoms with Gasteiger partial charge in [-0.2, -0.15) is 0 Å². The van der Waals surface area contributed by atoms with Gasteiger partial charge in [0.25, 0.3) is 0 Å². The number of nitrogens with zero attached hydrogens (tertiary/aromatic N) is 1. The molecule has 80 valence electrons. The average molecular weight is 218 g/mol. The molecular formula is C10H6N2O4. The quantitative estimate of drug-likeness (QED) is 0.416. The van der Waals surface area contributed by atoms with Crippen molar-refractivity contribution in [3.8, 4) is 0 Å². The molecule has 0 atom stereocenters. The molecule has 2 N–H and O–H groups in total. The van der Waals surface area contributed by atoms with Gasteiger partial charge in [-0.1, -0.05) is 24.3 Å². The Morgan fingerprint density at radius 2 is 1.62 bits per heavy atom. The monoisotopic (exact) mass is 218 g/mol. The van der Waals surface area contributed by atoms with Crippen molar-refractivity contribution >= 4 is 17.3 Å². The summed E-state index contributed by atoms with van der Waals surface area (Å²) < 4.78 is 0. The zero-order chi connectivity index (χ0) is 11.9. The summed E-state index contributed by atoms with van der Waals surface area (Å²) in [5.74, 6) is -2.06. The number of ketones is 2. The number of carbonyl (C=O) groups is 2. The van der Waals surface area contributed by atoms with Crippen LogP contribution in [-0.2, 0) is 4.79 Å². The first-order chi connectivity index (χ1) is 7.54. The normalized spacial score (nSPS) is 15.0. The molecule has 6 nitrogen and oxygen atoms in total. The second-order valence-corrected chi connectivity index (χ2v) is 3.22. The maximum atomic E-state index is 11.5. The molecule has 0 heterocycles. The fraction of sp³-hybridized carbons (Fsp3) is 0. The molecular weight excluding hydrogens is 212 g/mol. The molecule has 0 radical (unpaired) electrons. The lowest BCUT2D eigenvalue weighted by atomic mass is 9.91. The SMILES string of the molecule is NC1=C([N+](=O)[O-])C(=O)C(=O)c2ccccc21. The number of nitro groups is 1. The number of allylic oxidation sites excluding steroid dienone is 1. The van der Waals surface area contributed by atoms with Gasteiger partial charge in [0.2, 0.25) is 5.78 Å². The zero-order valence-electron chi connectivity index (χ0n) is 7.97. The molecule has 0 spiro atoms. The van der Waals surface area contributed by atoms with E-state index in [0.717, 1.165) is 0 Å². The molecule has 1 aromatic carbocycles. The van der Waals surface area contributed by atoms with Gasteiger partial charge in [0, 0.05) is 11.1 Å². The van der Waals surface area contributed by atoms with E-state index >= 15 is 0 Å². The number of nitrogens with two attached hydrogens (primary N) is 1. The third kappa shape index (κ3) is 1.20. The van der Waals surface area contributed by atoms with Gasteiger partial charge in [-0.25, -0.2) is 0 Å². The molecule has 16 heavy (non-hydrogen) atoms. The second-order valence-electron chi connectivity index (χ2n) is 3.22. The number of carbonyl (C=O) groups excluding carboxylic acids is 2. The van der Waals surface area contributed by atoms with Crippen molar-refractivity contribution in [2.75, 3.05) is 0 Å². The molecule has 1 aliphatic rings. The molecule has 1 aromatic rings. The molecule has 0 aromatic heterocycles. The van der Waals surface area contributed by atoms with E-state index in [1.807, 2.05) is 0 Å². The lowest BCUT2D eigenvalue weighted by Crippen LogP contribution is -2.30. The van der Waals surface area contributed by atoms with E-state index in [1.54, 1.807) is 12.1 Å². The standard InChI is InChI=1S/C10H6N2O4/c11-7-5-3-1-2-4-6(5)9(13)10(14)8(7)12(15)16/h1-4H,11H2. The van der Waals surface area contributed by atoms with Crippen molar-refractivity contribution in [1.29, 1.82) is 0 Å². The Morgan fingerprint density at radius 3 is 2.19 bits per heavy atom. The fourth-order valence-electron chi connectivity index (χ4n) is 1.58. The van der Waals surface area contributed by atoms with Crippen molar-refractivity contribution in [1.82, 2.24) is 0 Å². The van der Waals surface area contributed by atoms with Crippen molar-refractivity contribution in [2.24, 2.45) is 5.73 Å². The third-order valence-corrected chi connectivity index (χ3v) is 2.32. The second kappa shape index (κ2) is 3.27. The highest BCUT2D eigenvalue weighted by molar-refractivity contribution is 6.51. The summed E-state index contributed by atoms with van der Waals surface area (Å²) in [5.41, 5.74) is 4.75. The number of hydrogen-bond donors (Lipinski definition) is 1. The van der Waals surface area contributed by atoms with E-state index < -0.39 is 22.2 Å². The molecule has 0 aliphatic heterocycles. The van der Waals surface area contributed by atoms with Crippen LogP contribution in [0.2, 0.25) is 0 Å². The van der Waals surface area contributed by atoms with Crippen LogP contribution in [0.1, 0.15) is 15.9 Å². The largest absolute Gasteiger partial charge is 0.393 e. The van der Waals surface area contributed by atoms with E-state index in [4.69, 9.17) is 5.73 Å². The van der Waals surface area contributed by atoms with Crippen LogP contribution in [0.25, 0.3) is 5.70 Å². The minimum absolute atomic E-state index is 0.107. The summed E-state index contributed by atoms with van der Waals surface area (Å²) in [6, 6.07) is 6.04. The number of hydrogen-bond acceptors (Lipinski definition) is 5. The van der Waals surface area contributed by atoms with Gasteiger partial charge < -0.3 is 5.73 Å². The minimum Gasteiger partial charge on any atom is -0.393 e. The lowest BCUT2D eigenvalue weighted by molar-refractivity contribution is -0.417. The highest BCUT2D eigenvalue weighted by Crippen LogP contribution is 2.25. The number of benzene rings is 1. The molecule has 2 rings (SSSR count). The molecule has 0 saturated carbocycles. The van der Waals surface area contributed by atoms with Gasteiger partial charge in [-0.3, -0.25) is 19.7 Å². The number of fused-ring (bicyclic) bond motifs is 1. The van der Waals surface area contributed by atoms with Crippen molar-refractivity contribution in [2.45, 2.75) is 0 Å². The summed E-state index contributed by atoms with van der Waals surface area (Å²) in [5, 5.41) is 10.6. The Hall–Kier alpha value is -2.50. The minimum atomic E-state index is -1.17. The Kier molecular flexibility index (Phi) is 2.05. The Balaban J connectivity index is 2.79. The van der Waals surface area contributed by atoms with Crippen LogP contribution in [0.15, 0.2) is 30.0 Å². The summed E-state index contributed by atoms with van der Waals surface area (Å²) in [7, 11) is 0. The van der Waals surface area contributed by atoms with Gasteiger partial charge in [0.05, 0.1) is 4.92 Å². The molecule has 1 aliphatic carbocycles. The van der Waals surface area contributed by atoms with Crippen LogP contribution in [-0.4, -0.2) is 16.5 Å². The maximum absolute atomic E-state index is 11.5. The Labute approximate surface area is 89.5 Å². The van der Waals surface area contributed by atoms with E-state index in [1.165, 1.54) is 12.1 Å². The van der Waals surface area contributed by atoms with E-state index in [9.17, 15) is 19.7 Å². The summed E-state index contributed by atoms with van der Waals surface area (Å²) >= 11 is 0. The topological polar surface area (TPSA) is 103 Å². The summed E-state index contributed by atoms with van der Waals surface area (Å²) in [6.07, 6.45) is 0. The van der Waals surface area contributed by atoms with Crippen LogP contribution in [0, 0.1) is 10.1 Å². The molecule has 0 unspecified atom stereocenters. The predicted octanol–water partition coefficient (Wildman–Crippen LogP) is 0.356. The molecule has 6 heteroatoms. The fourth-order valence-corrected chi connectivity index (χ4v) is 1.58. The van der Waals surface area contributed by atoms with Crippen LogP contribution in [0.5, 0.6) is 0 Å². The molecule has 0 fully saturated rings. The zero-order valence-corrected chi connectivity index (χ0v) is 7.97. The van der Waals surface area contributed by atoms with E-state index in [2.05, 4.69) is 0 Å². The smallest absolute Gasteiger partial charge is 0.343 e. The van der Waals surface area contributed by atoms with Gasteiger partial charge in [0.15, 0.2) is 0 Å². The molecule has 0 amide bonds. The highest BCUT2D eigenvalue weighted by Gasteiger charge is 2.39. The van der Waals surface area contributed by atoms with E-state index in [-0.39, 0.29) is 16.8 Å². The van der Waals surface area contributed by atoms with Gasteiger partial charge in [0.1, 0.15) is 5.70 Å². The lowest BCUT2D eigenvalue weighted by Gasteiger charge is -2.12. The molecule has 0 saturated heterocycles. The number of Topliss-reactive ketones (excluding diaryl/α,β-unsaturated/α-hetero) is 2. The van der Waals surface area contributed by atoms with E-state index in [0.29, 0.717) is 0 Å². The summed E-state index contributed by atoms with van der Waals surface area (Å²) in [4.78, 5) is 32.6. The van der Waals surface area contributed by atoms with Crippen LogP contribution < -0.4 is 5.73 Å². The van der Waals surface area contributed by atoms with Crippen molar-refractivity contribution in [3.05, 3.63) is 51.2 Å². The van der Waals surface area contributed by atoms with Crippen molar-refractivity contribution in [3.63, 3.8) is 0 Å². The van der Waals surface area contributed by atoms with Crippen molar-refractivity contribution < 1.29 is 14.5 Å². The van der Waals surface area contributed by atoms with Gasteiger partial charge in [-0.05, 0) is 0 Å². The average Bonchev–Trinajstić information content (AvgIpc) is 2.26. The van der Waals surface area contributed by atoms with Crippen LogP contribution >= 0.6 is 0 Å². The Morgan fingerprint density at radius 1 is 1.06 bits per heavy atom. The first kappa shape index (κ1) is 10.0. The Bertz CT molecular complexity index is 560. The van der Waals surface area contributed by atoms with Crippen LogP contribution in [0.4, 0.5) is 0 Å². The predicted molar refractivity (Wildman–Crippen MR) is 53.9 cm³/mol. The van der Waals surface area contributed by atoms with Crippen LogP contribution in [0.3, 0.4) is 0 Å². The highest BCUT2D eigenvalue weighted by atomic mass is 16.6. The summed E-state index contributed by atoms with van der Waals surface area (Å²) in [6.45, 7) is 0. The van der Waals surface area contributed by atoms with Gasteiger partial charge in [-0.15, -0.1) is 0 Å². The third-order valence-electron chi connectivity index (χ3n) is 2.32. The molecule has 0 bridgehead atoms. The first-order valence-corrected chi connectivity index (χ1v) is 4.36. The first-order valence-electron chi connectivity index (χ1n) is 4.36.